The Kier molecular flexibility index (Phi) is 18.2. The third-order valence-corrected chi connectivity index (χ3v) is 8.02. The molecule has 1 fully saturated rings. The summed E-state index contributed by atoms with van der Waals surface area (Å²) in [5.74, 6) is 0.322. The Morgan fingerprint density at radius 3 is 2.08 bits per heavy atom. The van der Waals surface area contributed by atoms with Gasteiger partial charge in [0.25, 0.3) is 0 Å². The van der Waals surface area contributed by atoms with Crippen LogP contribution in [0.1, 0.15) is 77.2 Å². The van der Waals surface area contributed by atoms with Crippen molar-refractivity contribution in [2.75, 3.05) is 66.1 Å². The molecule has 1 saturated heterocycles. The topological polar surface area (TPSA) is 92.7 Å². The van der Waals surface area contributed by atoms with Gasteiger partial charge in [0.15, 0.2) is 0 Å². The average molecular weight is 559 g/mol. The van der Waals surface area contributed by atoms with Crippen LogP contribution in [0.4, 0.5) is 0 Å². The summed E-state index contributed by atoms with van der Waals surface area (Å²) in [6, 6.07) is 5.56. The lowest BCUT2D eigenvalue weighted by Crippen LogP contribution is -2.26. The SMILES string of the molecule is CCCCCCCCCCc1ccc(OCC2COCCOCCCOCCOC2)c(P(=O)(O)OCC)c1. The highest BCUT2D eigenvalue weighted by Crippen LogP contribution is 2.44. The second-order valence-corrected chi connectivity index (χ2v) is 11.7. The largest absolute Gasteiger partial charge is 0.492 e. The molecule has 8 nitrogen and oxygen atoms in total. The zero-order valence-corrected chi connectivity index (χ0v) is 24.6. The van der Waals surface area contributed by atoms with E-state index < -0.39 is 7.60 Å². The molecule has 1 atom stereocenters. The molecule has 38 heavy (non-hydrogen) atoms. The highest BCUT2D eigenvalue weighted by atomic mass is 31.2. The maximum atomic E-state index is 13.0. The van der Waals surface area contributed by atoms with Gasteiger partial charge in [0.05, 0.1) is 52.9 Å². The molecule has 1 aromatic carbocycles. The molecule has 0 aliphatic carbocycles. The molecule has 0 spiro atoms. The van der Waals surface area contributed by atoms with E-state index in [0.29, 0.717) is 58.6 Å². The first-order valence-corrected chi connectivity index (χ1v) is 16.2. The molecule has 0 bridgehead atoms. The zero-order valence-electron chi connectivity index (χ0n) is 23.7. The van der Waals surface area contributed by atoms with Crippen molar-refractivity contribution in [1.29, 1.82) is 0 Å². The average Bonchev–Trinajstić information content (AvgIpc) is 2.91. The first kappa shape index (κ1) is 33.2. The summed E-state index contributed by atoms with van der Waals surface area (Å²) < 4.78 is 47.0. The van der Waals surface area contributed by atoms with E-state index in [9.17, 15) is 9.46 Å². The summed E-state index contributed by atoms with van der Waals surface area (Å²) >= 11 is 0. The van der Waals surface area contributed by atoms with Crippen LogP contribution >= 0.6 is 7.60 Å². The standard InChI is InChI=1S/C29H51O8P/c1-3-5-6-7-8-9-10-11-13-26-14-15-28(29(22-26)38(30,31)37-4-2)36-25-27-23-34-20-18-32-16-12-17-33-19-21-35-24-27/h14-15,22,27H,3-13,16-21,23-25H2,1-2H3,(H,30,31). The molecule has 0 aromatic heterocycles. The van der Waals surface area contributed by atoms with E-state index in [4.69, 9.17) is 28.2 Å². The fraction of sp³-hybridized carbons (Fsp3) is 0.793. The van der Waals surface area contributed by atoms with Crippen LogP contribution < -0.4 is 10.0 Å². The van der Waals surface area contributed by atoms with Crippen LogP contribution in [-0.4, -0.2) is 71.0 Å². The molecule has 0 radical (unpaired) electrons. The lowest BCUT2D eigenvalue weighted by molar-refractivity contribution is -0.0256. The van der Waals surface area contributed by atoms with Crippen LogP contribution in [0.2, 0.25) is 0 Å². The normalized spacial score (nSPS) is 18.5. The summed E-state index contributed by atoms with van der Waals surface area (Å²) in [7, 11) is -4.01. The fourth-order valence-corrected chi connectivity index (χ4v) is 5.56. The van der Waals surface area contributed by atoms with Crippen molar-refractivity contribution in [2.24, 2.45) is 5.92 Å². The van der Waals surface area contributed by atoms with Gasteiger partial charge in [-0.25, -0.2) is 0 Å². The summed E-state index contributed by atoms with van der Waals surface area (Å²) in [5, 5.41) is 0.223. The van der Waals surface area contributed by atoms with E-state index >= 15 is 0 Å². The van der Waals surface area contributed by atoms with Gasteiger partial charge in [-0.3, -0.25) is 4.57 Å². The number of ether oxygens (including phenoxy) is 5. The molecule has 1 N–H and O–H groups in total. The summed E-state index contributed by atoms with van der Waals surface area (Å²) in [6.07, 6.45) is 11.7. The number of aryl methyl sites for hydroxylation is 1. The Hall–Kier alpha value is -0.990. The number of unbranched alkanes of at least 4 members (excludes halogenated alkanes) is 7. The third-order valence-electron chi connectivity index (χ3n) is 6.45. The van der Waals surface area contributed by atoms with Crippen molar-refractivity contribution in [3.63, 3.8) is 0 Å². The van der Waals surface area contributed by atoms with Gasteiger partial charge in [-0.05, 0) is 43.9 Å². The summed E-state index contributed by atoms with van der Waals surface area (Å²) in [6.45, 7) is 8.61. The Bertz CT molecular complexity index is 761. The van der Waals surface area contributed by atoms with Crippen molar-refractivity contribution in [3.8, 4) is 5.75 Å². The van der Waals surface area contributed by atoms with Crippen LogP contribution in [0, 0.1) is 5.92 Å². The van der Waals surface area contributed by atoms with E-state index in [1.54, 1.807) is 19.1 Å². The van der Waals surface area contributed by atoms with Gasteiger partial charge in [0, 0.05) is 19.1 Å². The lowest BCUT2D eigenvalue weighted by Gasteiger charge is -2.21. The Balaban J connectivity index is 1.95. The maximum absolute atomic E-state index is 13.0. The van der Waals surface area contributed by atoms with Crippen molar-refractivity contribution >= 4 is 12.9 Å². The van der Waals surface area contributed by atoms with Gasteiger partial charge in [-0.2, -0.15) is 0 Å². The second kappa shape index (κ2) is 20.8. The molecule has 1 aliphatic heterocycles. The number of benzene rings is 1. The molecule has 1 heterocycles. The maximum Gasteiger partial charge on any atom is 0.362 e. The van der Waals surface area contributed by atoms with E-state index in [2.05, 4.69) is 6.92 Å². The first-order valence-electron chi connectivity index (χ1n) is 14.6. The Morgan fingerprint density at radius 1 is 0.842 bits per heavy atom. The first-order chi connectivity index (χ1) is 18.6. The summed E-state index contributed by atoms with van der Waals surface area (Å²) in [4.78, 5) is 10.7. The molecule has 1 aromatic rings. The van der Waals surface area contributed by atoms with Crippen LogP contribution in [-0.2, 0) is 34.5 Å². The number of hydrogen-bond acceptors (Lipinski definition) is 7. The minimum Gasteiger partial charge on any atom is -0.492 e. The van der Waals surface area contributed by atoms with Gasteiger partial charge < -0.3 is 33.1 Å². The molecular weight excluding hydrogens is 507 g/mol. The van der Waals surface area contributed by atoms with E-state index in [1.165, 1.54) is 44.9 Å². The van der Waals surface area contributed by atoms with Crippen LogP contribution in [0.5, 0.6) is 5.75 Å². The van der Waals surface area contributed by atoms with Gasteiger partial charge in [0.1, 0.15) is 11.1 Å². The predicted molar refractivity (Wildman–Crippen MR) is 151 cm³/mol. The molecule has 2 rings (SSSR count). The molecule has 220 valence electrons. The monoisotopic (exact) mass is 558 g/mol. The van der Waals surface area contributed by atoms with Gasteiger partial charge >= 0.3 is 7.60 Å². The van der Waals surface area contributed by atoms with Crippen molar-refractivity contribution in [1.82, 2.24) is 0 Å². The van der Waals surface area contributed by atoms with E-state index in [-0.39, 0.29) is 24.4 Å². The number of hydrogen-bond donors (Lipinski definition) is 1. The Morgan fingerprint density at radius 2 is 1.45 bits per heavy atom. The quantitative estimate of drug-likeness (QED) is 0.217. The van der Waals surface area contributed by atoms with Gasteiger partial charge in [-0.1, -0.05) is 57.9 Å². The molecule has 1 unspecified atom stereocenters. The van der Waals surface area contributed by atoms with Crippen LogP contribution in [0.15, 0.2) is 18.2 Å². The highest BCUT2D eigenvalue weighted by Gasteiger charge is 2.28. The minimum atomic E-state index is -4.01. The molecule has 0 saturated carbocycles. The van der Waals surface area contributed by atoms with Crippen molar-refractivity contribution in [3.05, 3.63) is 23.8 Å². The van der Waals surface area contributed by atoms with Crippen molar-refractivity contribution < 1.29 is 37.7 Å². The number of rotatable bonds is 15. The van der Waals surface area contributed by atoms with Crippen molar-refractivity contribution in [2.45, 2.75) is 78.1 Å². The van der Waals surface area contributed by atoms with Crippen LogP contribution in [0.25, 0.3) is 0 Å². The smallest absolute Gasteiger partial charge is 0.362 e. The lowest BCUT2D eigenvalue weighted by atomic mass is 10.0. The zero-order chi connectivity index (χ0) is 27.3. The van der Waals surface area contributed by atoms with Crippen LogP contribution in [0.3, 0.4) is 0 Å². The van der Waals surface area contributed by atoms with Gasteiger partial charge in [-0.15, -0.1) is 0 Å². The molecular formula is C29H51O8P. The predicted octanol–water partition coefficient (Wildman–Crippen LogP) is 5.68. The third kappa shape index (κ3) is 14.4. The fourth-order valence-electron chi connectivity index (χ4n) is 4.32. The second-order valence-electron chi connectivity index (χ2n) is 9.87. The molecule has 9 heteroatoms. The highest BCUT2D eigenvalue weighted by molar-refractivity contribution is 7.61. The minimum absolute atomic E-state index is 0.0482. The molecule has 1 aliphatic rings. The van der Waals surface area contributed by atoms with Gasteiger partial charge in [0.2, 0.25) is 0 Å². The Labute approximate surface area is 230 Å². The van der Waals surface area contributed by atoms with E-state index in [1.807, 2.05) is 6.07 Å². The van der Waals surface area contributed by atoms with E-state index in [0.717, 1.165) is 24.8 Å². The summed E-state index contributed by atoms with van der Waals surface area (Å²) in [5.41, 5.74) is 1.02. The molecule has 0 amide bonds.